The van der Waals surface area contributed by atoms with Gasteiger partial charge in [-0.05, 0) is 38.1 Å². The van der Waals surface area contributed by atoms with Crippen molar-refractivity contribution in [2.75, 3.05) is 20.2 Å². The lowest BCUT2D eigenvalue weighted by atomic mass is 10.0. The summed E-state index contributed by atoms with van der Waals surface area (Å²) in [6, 6.07) is 2.27. The largest absolute Gasteiger partial charge is 0.475 e. The van der Waals surface area contributed by atoms with Crippen molar-refractivity contribution in [3.05, 3.63) is 22.8 Å². The van der Waals surface area contributed by atoms with E-state index in [9.17, 15) is 0 Å². The zero-order chi connectivity index (χ0) is 13.0. The Morgan fingerprint density at radius 1 is 1.50 bits per heavy atom. The number of rotatable bonds is 4. The minimum Gasteiger partial charge on any atom is -0.475 e. The van der Waals surface area contributed by atoms with Gasteiger partial charge < -0.3 is 9.64 Å². The lowest BCUT2D eigenvalue weighted by Crippen LogP contribution is -2.40. The van der Waals surface area contributed by atoms with Crippen LogP contribution < -0.4 is 4.74 Å². The van der Waals surface area contributed by atoms with Gasteiger partial charge in [0.05, 0.1) is 0 Å². The van der Waals surface area contributed by atoms with Crippen molar-refractivity contribution in [1.82, 2.24) is 9.88 Å². The molecule has 1 saturated heterocycles. The monoisotopic (exact) mass is 288 g/mol. The van der Waals surface area contributed by atoms with Crippen molar-refractivity contribution in [2.24, 2.45) is 0 Å². The van der Waals surface area contributed by atoms with E-state index in [2.05, 4.69) is 16.9 Å². The summed E-state index contributed by atoms with van der Waals surface area (Å²) in [4.78, 5) is 6.54. The molecule has 1 atom stereocenters. The summed E-state index contributed by atoms with van der Waals surface area (Å²) in [5.41, 5.74) is 0.906. The van der Waals surface area contributed by atoms with Crippen molar-refractivity contribution in [1.29, 1.82) is 0 Å². The number of pyridine rings is 1. The highest BCUT2D eigenvalue weighted by Crippen LogP contribution is 2.24. The van der Waals surface area contributed by atoms with Crippen LogP contribution >= 0.6 is 23.2 Å². The van der Waals surface area contributed by atoms with Gasteiger partial charge in [0.15, 0.2) is 0 Å². The summed E-state index contributed by atoms with van der Waals surface area (Å²) >= 11 is 11.8. The maximum absolute atomic E-state index is 6.10. The Kier molecular flexibility index (Phi) is 5.10. The van der Waals surface area contributed by atoms with Gasteiger partial charge in [0.2, 0.25) is 5.88 Å². The average molecular weight is 289 g/mol. The molecule has 2 rings (SSSR count). The number of likely N-dealkylation sites (tertiary alicyclic amines) is 1. The Labute approximate surface area is 118 Å². The second-order valence-corrected chi connectivity index (χ2v) is 5.38. The summed E-state index contributed by atoms with van der Waals surface area (Å²) in [7, 11) is 2.14. The molecule has 0 aliphatic carbocycles. The van der Waals surface area contributed by atoms with Gasteiger partial charge >= 0.3 is 0 Å². The van der Waals surface area contributed by atoms with Gasteiger partial charge in [-0.1, -0.05) is 18.0 Å². The second-order valence-electron chi connectivity index (χ2n) is 4.71. The number of aromatic nitrogens is 1. The molecule has 1 aromatic heterocycles. The summed E-state index contributed by atoms with van der Waals surface area (Å²) in [5.74, 6) is 0.919. The number of ether oxygens (including phenoxy) is 1. The molecular weight excluding hydrogens is 271 g/mol. The van der Waals surface area contributed by atoms with Crippen molar-refractivity contribution >= 4 is 23.2 Å². The maximum Gasteiger partial charge on any atom is 0.232 e. The normalized spacial score (nSPS) is 20.9. The first-order chi connectivity index (χ1) is 8.70. The highest BCUT2D eigenvalue weighted by Gasteiger charge is 2.20. The molecule has 0 bridgehead atoms. The lowest BCUT2D eigenvalue weighted by Gasteiger charge is -2.32. The molecule has 3 nitrogen and oxygen atoms in total. The number of hydrogen-bond acceptors (Lipinski definition) is 3. The van der Waals surface area contributed by atoms with E-state index in [-0.39, 0.29) is 0 Å². The molecule has 1 aliphatic rings. The third-order valence-electron chi connectivity index (χ3n) is 3.35. The van der Waals surface area contributed by atoms with E-state index in [1.165, 1.54) is 19.3 Å². The molecule has 0 aromatic carbocycles. The summed E-state index contributed by atoms with van der Waals surface area (Å²) < 4.78 is 5.72. The second kappa shape index (κ2) is 6.60. The van der Waals surface area contributed by atoms with Crippen molar-refractivity contribution in [3.63, 3.8) is 0 Å². The van der Waals surface area contributed by atoms with Gasteiger partial charge in [-0.3, -0.25) is 0 Å². The molecular formula is C13H18Cl2N2O. The Morgan fingerprint density at radius 2 is 2.33 bits per heavy atom. The summed E-state index contributed by atoms with van der Waals surface area (Å²) in [6.45, 7) is 1.78. The first-order valence-electron chi connectivity index (χ1n) is 6.24. The van der Waals surface area contributed by atoms with Crippen LogP contribution in [0, 0.1) is 0 Å². The van der Waals surface area contributed by atoms with Crippen molar-refractivity contribution in [3.8, 4) is 5.88 Å². The number of hydrogen-bond donors (Lipinski definition) is 0. The number of nitrogens with zero attached hydrogens (tertiary/aromatic N) is 2. The molecule has 1 unspecified atom stereocenters. The van der Waals surface area contributed by atoms with Gasteiger partial charge in [0.1, 0.15) is 11.6 Å². The predicted octanol–water partition coefficient (Wildman–Crippen LogP) is 3.34. The molecule has 2 heterocycles. The third kappa shape index (κ3) is 3.50. The summed E-state index contributed by atoms with van der Waals surface area (Å²) in [5, 5.41) is 0.534. The van der Waals surface area contributed by atoms with E-state index < -0.39 is 0 Å². The first-order valence-corrected chi connectivity index (χ1v) is 7.15. The van der Waals surface area contributed by atoms with Crippen LogP contribution in [-0.2, 0) is 5.88 Å². The number of alkyl halides is 1. The van der Waals surface area contributed by atoms with E-state index in [4.69, 9.17) is 27.9 Å². The molecule has 0 saturated carbocycles. The lowest BCUT2D eigenvalue weighted by molar-refractivity contribution is 0.122. The molecule has 0 amide bonds. The predicted molar refractivity (Wildman–Crippen MR) is 74.6 cm³/mol. The van der Waals surface area contributed by atoms with Crippen LogP contribution in [0.25, 0.3) is 0 Å². The zero-order valence-electron chi connectivity index (χ0n) is 10.5. The van der Waals surface area contributed by atoms with Gasteiger partial charge in [-0.25, -0.2) is 4.98 Å². The molecule has 0 radical (unpaired) electrons. The molecule has 18 heavy (non-hydrogen) atoms. The molecule has 1 aromatic rings. The van der Waals surface area contributed by atoms with Crippen LogP contribution in [0.3, 0.4) is 0 Å². The Bertz CT molecular complexity index is 401. The quantitative estimate of drug-likeness (QED) is 0.795. The van der Waals surface area contributed by atoms with Gasteiger partial charge in [0, 0.05) is 18.1 Å². The van der Waals surface area contributed by atoms with Crippen LogP contribution in [0.2, 0.25) is 5.02 Å². The van der Waals surface area contributed by atoms with E-state index in [0.717, 1.165) is 12.1 Å². The molecule has 1 fully saturated rings. The fourth-order valence-electron chi connectivity index (χ4n) is 2.17. The van der Waals surface area contributed by atoms with Crippen LogP contribution in [0.5, 0.6) is 5.88 Å². The van der Waals surface area contributed by atoms with Crippen molar-refractivity contribution < 1.29 is 4.74 Å². The topological polar surface area (TPSA) is 25.4 Å². The molecule has 100 valence electrons. The van der Waals surface area contributed by atoms with Gasteiger partial charge in [-0.15, -0.1) is 11.6 Å². The minimum atomic E-state index is 0.415. The van der Waals surface area contributed by atoms with E-state index >= 15 is 0 Å². The Hall–Kier alpha value is -0.510. The van der Waals surface area contributed by atoms with Crippen LogP contribution in [-0.4, -0.2) is 36.1 Å². The minimum absolute atomic E-state index is 0.415. The number of piperidine rings is 1. The Morgan fingerprint density at radius 3 is 3.00 bits per heavy atom. The van der Waals surface area contributed by atoms with Crippen LogP contribution in [0.4, 0.5) is 0 Å². The molecule has 0 N–H and O–H groups in total. The maximum atomic E-state index is 6.10. The fourth-order valence-corrected chi connectivity index (χ4v) is 2.56. The van der Waals surface area contributed by atoms with E-state index in [1.54, 1.807) is 6.20 Å². The first kappa shape index (κ1) is 13.9. The van der Waals surface area contributed by atoms with E-state index in [0.29, 0.717) is 29.4 Å². The highest BCUT2D eigenvalue weighted by atomic mass is 35.5. The van der Waals surface area contributed by atoms with Gasteiger partial charge in [0.25, 0.3) is 0 Å². The Balaban J connectivity index is 1.93. The van der Waals surface area contributed by atoms with Crippen LogP contribution in [0.1, 0.15) is 24.8 Å². The average Bonchev–Trinajstić information content (AvgIpc) is 2.39. The van der Waals surface area contributed by atoms with E-state index in [1.807, 2.05) is 6.07 Å². The standard InChI is InChI=1S/C13H18Cl2N2O/c1-17-5-3-2-4-11(17)9-18-13-12(15)6-10(7-14)8-16-13/h6,8,11H,2-5,7,9H2,1H3. The van der Waals surface area contributed by atoms with Crippen LogP contribution in [0.15, 0.2) is 12.3 Å². The SMILES string of the molecule is CN1CCCCC1COc1ncc(CCl)cc1Cl. The molecule has 0 spiro atoms. The smallest absolute Gasteiger partial charge is 0.232 e. The van der Waals surface area contributed by atoms with Crippen molar-refractivity contribution in [2.45, 2.75) is 31.2 Å². The molecule has 5 heteroatoms. The number of likely N-dealkylation sites (N-methyl/N-ethyl adjacent to an activating group) is 1. The molecule has 1 aliphatic heterocycles. The number of halogens is 2. The summed E-state index contributed by atoms with van der Waals surface area (Å²) in [6.07, 6.45) is 5.42. The highest BCUT2D eigenvalue weighted by molar-refractivity contribution is 6.32. The zero-order valence-corrected chi connectivity index (χ0v) is 12.0. The third-order valence-corrected chi connectivity index (χ3v) is 3.93. The van der Waals surface area contributed by atoms with Gasteiger partial charge in [-0.2, -0.15) is 0 Å². The fraction of sp³-hybridized carbons (Fsp3) is 0.615.